The highest BCUT2D eigenvalue weighted by Crippen LogP contribution is 2.05. The second-order valence-corrected chi connectivity index (χ2v) is 3.21. The Bertz CT molecular complexity index is 94.9. The molecule has 112 valence electrons. The largest absolute Gasteiger partial charge is 0.382 e. The lowest BCUT2D eigenvalue weighted by molar-refractivity contribution is -0.0136. The molecule has 0 saturated heterocycles. The fourth-order valence-corrected chi connectivity index (χ4v) is 0.819. The van der Waals surface area contributed by atoms with Crippen molar-refractivity contribution < 1.29 is 9.47 Å². The van der Waals surface area contributed by atoms with E-state index in [0.717, 1.165) is 19.4 Å². The smallest absolute Gasteiger partial charge is 0.121 e. The second-order valence-electron chi connectivity index (χ2n) is 3.21. The molecule has 2 nitrogen and oxygen atoms in total. The lowest BCUT2D eigenvalue weighted by Crippen LogP contribution is -2.21. The van der Waals surface area contributed by atoms with E-state index in [2.05, 4.69) is 20.8 Å². The van der Waals surface area contributed by atoms with Crippen LogP contribution in [0.15, 0.2) is 0 Å². The van der Waals surface area contributed by atoms with Gasteiger partial charge in [0.15, 0.2) is 0 Å². The van der Waals surface area contributed by atoms with Gasteiger partial charge in [-0.3, -0.25) is 0 Å². The van der Waals surface area contributed by atoms with Crippen LogP contribution in [0.5, 0.6) is 0 Å². The van der Waals surface area contributed by atoms with E-state index in [1.165, 1.54) is 0 Å². The first-order valence-corrected chi connectivity index (χ1v) is 4.64. The molecule has 0 heterocycles. The Morgan fingerprint density at radius 3 is 1.82 bits per heavy atom. The summed E-state index contributed by atoms with van der Waals surface area (Å²) in [5, 5.41) is 0. The first-order chi connectivity index (χ1) is 5.74. The lowest BCUT2D eigenvalue weighted by atomic mass is 10.1. The van der Waals surface area contributed by atoms with E-state index < -0.39 is 0 Å². The summed E-state index contributed by atoms with van der Waals surface area (Å²) in [4.78, 5) is 0. The number of hydrogen-bond donors (Lipinski definition) is 0. The lowest BCUT2D eigenvalue weighted by Gasteiger charge is -2.15. The van der Waals surface area contributed by atoms with Gasteiger partial charge in [-0.15, -0.1) is 0 Å². The van der Waals surface area contributed by atoms with Crippen molar-refractivity contribution >= 4 is 0 Å². The van der Waals surface area contributed by atoms with Gasteiger partial charge in [0.1, 0.15) is 12.5 Å². The molecular weight excluding hydrogens is 212 g/mol. The fraction of sp³-hybridized carbons (Fsp3) is 0.867. The minimum atomic E-state index is 0. The Morgan fingerprint density at radius 1 is 1.06 bits per heavy atom. The Kier molecular flexibility index (Phi) is 52.6. The summed E-state index contributed by atoms with van der Waals surface area (Å²) in [6.07, 6.45) is 2.12. The van der Waals surface area contributed by atoms with Crippen molar-refractivity contribution in [1.29, 1.82) is 0 Å². The Morgan fingerprint density at radius 2 is 1.53 bits per heavy atom. The molecule has 0 N–H and O–H groups in total. The van der Waals surface area contributed by atoms with Gasteiger partial charge in [0, 0.05) is 13.7 Å². The van der Waals surface area contributed by atoms with E-state index in [4.69, 9.17) is 9.47 Å². The van der Waals surface area contributed by atoms with Crippen LogP contribution in [0, 0.1) is 20.3 Å². The molecule has 0 aromatic heterocycles. The SMILES string of the molecule is C.C.C.C.[CH2+]CC(COC)OCC(C)CC.[CH3-]. The molecule has 0 aliphatic carbocycles. The van der Waals surface area contributed by atoms with Crippen LogP contribution >= 0.6 is 0 Å². The minimum absolute atomic E-state index is 0. The van der Waals surface area contributed by atoms with Gasteiger partial charge in [0.2, 0.25) is 0 Å². The fourth-order valence-electron chi connectivity index (χ4n) is 0.819. The third-order valence-electron chi connectivity index (χ3n) is 1.99. The second kappa shape index (κ2) is 24.8. The molecule has 17 heavy (non-hydrogen) atoms. The molecule has 0 aliphatic rings. The van der Waals surface area contributed by atoms with E-state index in [1.807, 2.05) is 0 Å². The van der Waals surface area contributed by atoms with Gasteiger partial charge in [-0.25, -0.2) is 0 Å². The molecule has 0 radical (unpaired) electrons. The third kappa shape index (κ3) is 21.6. The Labute approximate surface area is 113 Å². The zero-order valence-corrected chi connectivity index (χ0v) is 9.51. The van der Waals surface area contributed by atoms with E-state index in [9.17, 15) is 0 Å². The average Bonchev–Trinajstić information content (AvgIpc) is 2.11. The average molecular weight is 252 g/mol. The van der Waals surface area contributed by atoms with Crippen LogP contribution in [-0.2, 0) is 9.47 Å². The van der Waals surface area contributed by atoms with Gasteiger partial charge in [0.25, 0.3) is 0 Å². The summed E-state index contributed by atoms with van der Waals surface area (Å²) in [7, 11) is 1.69. The summed E-state index contributed by atoms with van der Waals surface area (Å²) < 4.78 is 10.6. The van der Waals surface area contributed by atoms with Crippen LogP contribution in [0.25, 0.3) is 0 Å². The maximum atomic E-state index is 5.60. The predicted octanol–water partition coefficient (Wildman–Crippen LogP) is 5.28. The number of rotatable bonds is 7. The topological polar surface area (TPSA) is 18.5 Å². The summed E-state index contributed by atoms with van der Waals surface area (Å²) in [5.41, 5.74) is 0. The first kappa shape index (κ1) is 36.0. The van der Waals surface area contributed by atoms with E-state index in [0.29, 0.717) is 12.5 Å². The van der Waals surface area contributed by atoms with Crippen LogP contribution in [-0.4, -0.2) is 26.4 Å². The molecule has 0 fully saturated rings. The van der Waals surface area contributed by atoms with Gasteiger partial charge in [0.05, 0.1) is 13.5 Å². The highest BCUT2D eigenvalue weighted by Gasteiger charge is 2.10. The first-order valence-electron chi connectivity index (χ1n) is 4.64. The zero-order chi connectivity index (χ0) is 9.40. The van der Waals surface area contributed by atoms with Crippen LogP contribution in [0.2, 0.25) is 0 Å². The molecule has 0 spiro atoms. The van der Waals surface area contributed by atoms with Gasteiger partial charge < -0.3 is 16.9 Å². The number of ether oxygens (including phenoxy) is 2. The Hall–Kier alpha value is -0.210. The van der Waals surface area contributed by atoms with Gasteiger partial charge in [-0.2, -0.15) is 0 Å². The summed E-state index contributed by atoms with van der Waals surface area (Å²) in [6.45, 7) is 9.63. The maximum absolute atomic E-state index is 5.60. The quantitative estimate of drug-likeness (QED) is 0.574. The van der Waals surface area contributed by atoms with Crippen LogP contribution in [0.1, 0.15) is 56.4 Å². The molecule has 0 aromatic carbocycles. The molecule has 0 amide bonds. The maximum Gasteiger partial charge on any atom is 0.121 e. The standard InChI is InChI=1S/C10H21O2.4CH4.CH3/c1-5-9(3)7-12-10(6-2)8-11-4;;;;;/h9-10H,2,5-8H2,1,3-4H3;4*1H4;1H3/q+1;;;;;-1. The van der Waals surface area contributed by atoms with Crippen molar-refractivity contribution in [3.63, 3.8) is 0 Å². The van der Waals surface area contributed by atoms with Crippen molar-refractivity contribution in [1.82, 2.24) is 0 Å². The molecule has 0 aliphatic heterocycles. The Balaban J connectivity index is -0.0000000605. The number of hydrogen-bond acceptors (Lipinski definition) is 2. The minimum Gasteiger partial charge on any atom is -0.382 e. The monoisotopic (exact) mass is 252 g/mol. The van der Waals surface area contributed by atoms with Crippen molar-refractivity contribution in [3.8, 4) is 0 Å². The third-order valence-corrected chi connectivity index (χ3v) is 1.99. The van der Waals surface area contributed by atoms with Crippen molar-refractivity contribution in [3.05, 3.63) is 14.4 Å². The van der Waals surface area contributed by atoms with Crippen LogP contribution in [0.3, 0.4) is 0 Å². The highest BCUT2D eigenvalue weighted by molar-refractivity contribution is 4.59. The summed E-state index contributed by atoms with van der Waals surface area (Å²) in [6, 6.07) is 0. The molecule has 2 unspecified atom stereocenters. The van der Waals surface area contributed by atoms with E-state index >= 15 is 0 Å². The highest BCUT2D eigenvalue weighted by atomic mass is 16.5. The molecule has 2 heteroatoms. The van der Waals surface area contributed by atoms with Crippen LogP contribution in [0.4, 0.5) is 0 Å². The van der Waals surface area contributed by atoms with Crippen molar-refractivity contribution in [2.75, 3.05) is 20.3 Å². The molecule has 0 saturated carbocycles. The van der Waals surface area contributed by atoms with Crippen molar-refractivity contribution in [2.45, 2.75) is 62.5 Å². The molecule has 0 aromatic rings. The molecule has 0 bridgehead atoms. The van der Waals surface area contributed by atoms with Gasteiger partial charge in [-0.05, 0) is 5.92 Å². The summed E-state index contributed by atoms with van der Waals surface area (Å²) >= 11 is 0. The van der Waals surface area contributed by atoms with Gasteiger partial charge >= 0.3 is 0 Å². The molecule has 0 rings (SSSR count). The normalized spacial score (nSPS) is 11.2. The molecular formula is C15H40O2. The molecule has 2 atom stereocenters. The predicted molar refractivity (Wildman–Crippen MR) is 84.4 cm³/mol. The number of methoxy groups -OCH3 is 1. The summed E-state index contributed by atoms with van der Waals surface area (Å²) in [5.74, 6) is 0.635. The van der Waals surface area contributed by atoms with Crippen molar-refractivity contribution in [2.24, 2.45) is 5.92 Å². The van der Waals surface area contributed by atoms with Gasteiger partial charge in [-0.1, -0.05) is 50.0 Å². The van der Waals surface area contributed by atoms with E-state index in [1.54, 1.807) is 7.11 Å². The van der Waals surface area contributed by atoms with E-state index in [-0.39, 0.29) is 43.2 Å². The van der Waals surface area contributed by atoms with Crippen LogP contribution < -0.4 is 0 Å². The zero-order valence-electron chi connectivity index (χ0n) is 9.51.